The lowest BCUT2D eigenvalue weighted by Gasteiger charge is -2.13. The summed E-state index contributed by atoms with van der Waals surface area (Å²) in [6.07, 6.45) is 0.836. The summed E-state index contributed by atoms with van der Waals surface area (Å²) in [5.74, 6) is 1.97. The number of aliphatic hydroxyl groups excluding tert-OH is 1. The summed E-state index contributed by atoms with van der Waals surface area (Å²) in [4.78, 5) is 10.2. The fourth-order valence-corrected chi connectivity index (χ4v) is 2.42. The van der Waals surface area contributed by atoms with E-state index >= 15 is 0 Å². The van der Waals surface area contributed by atoms with E-state index in [0.29, 0.717) is 0 Å². The van der Waals surface area contributed by atoms with Crippen LogP contribution < -0.4 is 5.32 Å². The van der Waals surface area contributed by atoms with Crippen molar-refractivity contribution in [1.29, 1.82) is 0 Å². The van der Waals surface area contributed by atoms with Crippen LogP contribution in [0.25, 0.3) is 0 Å². The van der Waals surface area contributed by atoms with E-state index in [1.165, 1.54) is 12.1 Å². The topological polar surface area (TPSA) is 75.4 Å². The molecule has 0 aromatic heterocycles. The van der Waals surface area contributed by atoms with Crippen molar-refractivity contribution in [3.63, 3.8) is 0 Å². The molecule has 0 saturated heterocycles. The highest BCUT2D eigenvalue weighted by atomic mass is 32.2. The Hall–Kier alpha value is -1.11. The Labute approximate surface area is 117 Å². The van der Waals surface area contributed by atoms with Crippen molar-refractivity contribution < 1.29 is 10.0 Å². The van der Waals surface area contributed by atoms with Crippen molar-refractivity contribution in [3.8, 4) is 0 Å². The van der Waals surface area contributed by atoms with Crippen LogP contribution in [0.5, 0.6) is 0 Å². The minimum absolute atomic E-state index is 0.121. The number of hydrogen-bond donors (Lipinski definition) is 2. The Kier molecular flexibility index (Phi) is 7.47. The van der Waals surface area contributed by atoms with Crippen LogP contribution in [0, 0.1) is 10.1 Å². The normalized spacial score (nSPS) is 12.3. The van der Waals surface area contributed by atoms with Crippen molar-refractivity contribution in [2.24, 2.45) is 0 Å². The highest BCUT2D eigenvalue weighted by Crippen LogP contribution is 2.17. The smallest absolute Gasteiger partial charge is 0.269 e. The highest BCUT2D eigenvalue weighted by molar-refractivity contribution is 7.99. The Balaban J connectivity index is 2.29. The summed E-state index contributed by atoms with van der Waals surface area (Å²) in [5.41, 5.74) is 1.17. The Morgan fingerprint density at radius 1 is 1.37 bits per heavy atom. The van der Waals surface area contributed by atoms with E-state index in [-0.39, 0.29) is 23.3 Å². The SMILES string of the molecule is CC(NCCSCCCO)c1ccc([N+](=O)[O-])cc1. The van der Waals surface area contributed by atoms with Crippen molar-refractivity contribution >= 4 is 17.4 Å². The van der Waals surface area contributed by atoms with Gasteiger partial charge in [-0.2, -0.15) is 11.8 Å². The average Bonchev–Trinajstić information content (AvgIpc) is 2.42. The molecule has 0 aliphatic carbocycles. The lowest BCUT2D eigenvalue weighted by Crippen LogP contribution is -2.21. The van der Waals surface area contributed by atoms with Crippen LogP contribution in [0.1, 0.15) is 24.9 Å². The molecule has 0 aliphatic rings. The molecule has 106 valence electrons. The maximum atomic E-state index is 10.5. The molecule has 1 aromatic carbocycles. The molecule has 0 saturated carbocycles. The number of non-ortho nitro benzene ring substituents is 1. The molecule has 19 heavy (non-hydrogen) atoms. The lowest BCUT2D eigenvalue weighted by atomic mass is 10.1. The first-order valence-electron chi connectivity index (χ1n) is 6.31. The number of thioether (sulfide) groups is 1. The van der Waals surface area contributed by atoms with Crippen molar-refractivity contribution in [2.45, 2.75) is 19.4 Å². The summed E-state index contributed by atoms with van der Waals surface area (Å²) in [6.45, 7) is 3.17. The van der Waals surface area contributed by atoms with Crippen LogP contribution in [0.2, 0.25) is 0 Å². The third kappa shape index (κ3) is 6.04. The first-order chi connectivity index (χ1) is 9.15. The number of benzene rings is 1. The van der Waals surface area contributed by atoms with Crippen molar-refractivity contribution in [2.75, 3.05) is 24.7 Å². The van der Waals surface area contributed by atoms with E-state index in [4.69, 9.17) is 5.11 Å². The molecule has 0 amide bonds. The second kappa shape index (κ2) is 8.90. The minimum atomic E-state index is -0.389. The van der Waals surface area contributed by atoms with Crippen LogP contribution >= 0.6 is 11.8 Å². The number of rotatable bonds is 9. The van der Waals surface area contributed by atoms with Gasteiger partial charge in [-0.1, -0.05) is 12.1 Å². The van der Waals surface area contributed by atoms with E-state index in [1.54, 1.807) is 12.1 Å². The van der Waals surface area contributed by atoms with E-state index in [0.717, 1.165) is 30.0 Å². The van der Waals surface area contributed by atoms with Gasteiger partial charge in [0.15, 0.2) is 0 Å². The molecule has 0 radical (unpaired) electrons. The monoisotopic (exact) mass is 284 g/mol. The number of aliphatic hydroxyl groups is 1. The van der Waals surface area contributed by atoms with Gasteiger partial charge >= 0.3 is 0 Å². The van der Waals surface area contributed by atoms with Crippen molar-refractivity contribution in [3.05, 3.63) is 39.9 Å². The summed E-state index contributed by atoms with van der Waals surface area (Å²) in [7, 11) is 0. The van der Waals surface area contributed by atoms with Crippen molar-refractivity contribution in [1.82, 2.24) is 5.32 Å². The zero-order valence-corrected chi connectivity index (χ0v) is 11.9. The summed E-state index contributed by atoms with van der Waals surface area (Å²) < 4.78 is 0. The van der Waals surface area contributed by atoms with Gasteiger partial charge in [0.2, 0.25) is 0 Å². The van der Waals surface area contributed by atoms with Crippen LogP contribution in [0.3, 0.4) is 0 Å². The first kappa shape index (κ1) is 15.9. The number of nitrogens with zero attached hydrogens (tertiary/aromatic N) is 1. The van der Waals surface area contributed by atoms with Gasteiger partial charge < -0.3 is 10.4 Å². The summed E-state index contributed by atoms with van der Waals surface area (Å²) >= 11 is 1.81. The maximum absolute atomic E-state index is 10.5. The van der Waals surface area contributed by atoms with E-state index in [9.17, 15) is 10.1 Å². The molecule has 1 rings (SSSR count). The number of nitrogens with one attached hydrogen (secondary N) is 1. The molecule has 2 N–H and O–H groups in total. The fourth-order valence-electron chi connectivity index (χ4n) is 1.62. The number of nitro benzene ring substituents is 1. The Bertz CT molecular complexity index is 384. The molecule has 0 bridgehead atoms. The zero-order valence-electron chi connectivity index (χ0n) is 11.0. The number of nitro groups is 1. The van der Waals surface area contributed by atoms with Gasteiger partial charge in [0.25, 0.3) is 5.69 Å². The molecule has 0 aliphatic heterocycles. The Morgan fingerprint density at radius 2 is 2.05 bits per heavy atom. The van der Waals surface area contributed by atoms with Crippen LogP contribution in [0.4, 0.5) is 5.69 Å². The molecular formula is C13H20N2O3S. The average molecular weight is 284 g/mol. The maximum Gasteiger partial charge on any atom is 0.269 e. The third-order valence-electron chi connectivity index (χ3n) is 2.75. The summed E-state index contributed by atoms with van der Waals surface area (Å²) in [6, 6.07) is 6.82. The number of hydrogen-bond acceptors (Lipinski definition) is 5. The van der Waals surface area contributed by atoms with Crippen LogP contribution in [0.15, 0.2) is 24.3 Å². The molecule has 1 unspecified atom stereocenters. The van der Waals surface area contributed by atoms with E-state index < -0.39 is 0 Å². The predicted molar refractivity (Wildman–Crippen MR) is 78.5 cm³/mol. The third-order valence-corrected chi connectivity index (χ3v) is 3.82. The molecule has 1 atom stereocenters. The first-order valence-corrected chi connectivity index (χ1v) is 7.47. The quantitative estimate of drug-likeness (QED) is 0.413. The molecule has 0 spiro atoms. The standard InChI is InChI=1S/C13H20N2O3S/c1-11(14-7-10-19-9-2-8-16)12-3-5-13(6-4-12)15(17)18/h3-6,11,14,16H,2,7-10H2,1H3. The van der Waals surface area contributed by atoms with Gasteiger partial charge in [-0.25, -0.2) is 0 Å². The van der Waals surface area contributed by atoms with Gasteiger partial charge in [-0.3, -0.25) is 10.1 Å². The second-order valence-electron chi connectivity index (χ2n) is 4.21. The molecular weight excluding hydrogens is 264 g/mol. The summed E-state index contributed by atoms with van der Waals surface area (Å²) in [5, 5.41) is 22.6. The fraction of sp³-hybridized carbons (Fsp3) is 0.538. The Morgan fingerprint density at radius 3 is 2.63 bits per heavy atom. The molecule has 1 aromatic rings. The van der Waals surface area contributed by atoms with Gasteiger partial charge in [0.1, 0.15) is 0 Å². The molecule has 6 heteroatoms. The minimum Gasteiger partial charge on any atom is -0.396 e. The van der Waals surface area contributed by atoms with Gasteiger partial charge in [-0.05, 0) is 24.7 Å². The van der Waals surface area contributed by atoms with Crippen LogP contribution in [-0.2, 0) is 0 Å². The van der Waals surface area contributed by atoms with E-state index in [1.807, 2.05) is 18.7 Å². The molecule has 5 nitrogen and oxygen atoms in total. The lowest BCUT2D eigenvalue weighted by molar-refractivity contribution is -0.384. The van der Waals surface area contributed by atoms with Crippen LogP contribution in [-0.4, -0.2) is 34.7 Å². The van der Waals surface area contributed by atoms with Gasteiger partial charge in [0.05, 0.1) is 4.92 Å². The van der Waals surface area contributed by atoms with Gasteiger partial charge in [-0.15, -0.1) is 0 Å². The largest absolute Gasteiger partial charge is 0.396 e. The molecule has 0 heterocycles. The predicted octanol–water partition coefficient (Wildman–Crippen LogP) is 2.36. The van der Waals surface area contributed by atoms with Gasteiger partial charge in [0, 0.05) is 37.1 Å². The second-order valence-corrected chi connectivity index (χ2v) is 5.44. The molecule has 0 fully saturated rings. The zero-order chi connectivity index (χ0) is 14.1. The van der Waals surface area contributed by atoms with E-state index in [2.05, 4.69) is 5.32 Å². The highest BCUT2D eigenvalue weighted by Gasteiger charge is 2.08.